The Morgan fingerprint density at radius 2 is 1.81 bits per heavy atom. The molecule has 112 valence electrons. The quantitative estimate of drug-likeness (QED) is 0.857. The largest absolute Gasteiger partial charge is 0.508 e. The van der Waals surface area contributed by atoms with Crippen molar-refractivity contribution in [3.63, 3.8) is 0 Å². The van der Waals surface area contributed by atoms with Crippen molar-refractivity contribution < 1.29 is 14.9 Å². The van der Waals surface area contributed by atoms with E-state index in [1.165, 1.54) is 0 Å². The summed E-state index contributed by atoms with van der Waals surface area (Å²) in [6, 6.07) is 13.6. The average Bonchev–Trinajstić information content (AvgIpc) is 2.47. The molecule has 0 bridgehead atoms. The van der Waals surface area contributed by atoms with E-state index in [9.17, 15) is 10.2 Å². The minimum absolute atomic E-state index is 0.0699. The molecule has 0 heterocycles. The van der Waals surface area contributed by atoms with Gasteiger partial charge in [0.05, 0.1) is 19.3 Å². The van der Waals surface area contributed by atoms with Crippen molar-refractivity contribution in [2.75, 3.05) is 6.61 Å². The fourth-order valence-corrected chi connectivity index (χ4v) is 2.43. The van der Waals surface area contributed by atoms with Crippen LogP contribution in [-0.4, -0.2) is 22.9 Å². The molecule has 2 N–H and O–H groups in total. The number of rotatable bonds is 6. The minimum Gasteiger partial charge on any atom is -0.508 e. The van der Waals surface area contributed by atoms with Gasteiger partial charge >= 0.3 is 0 Å². The lowest BCUT2D eigenvalue weighted by Gasteiger charge is -2.18. The van der Waals surface area contributed by atoms with E-state index in [2.05, 4.69) is 0 Å². The standard InChI is InChI=1S/C18H22O3/c1-13-8-14(2)17(18(20)9-13)10-16(11-19)21-12-15-6-4-3-5-7-15/h3-9,16,19-20H,10-12H2,1-2H3. The first-order valence-electron chi connectivity index (χ1n) is 7.15. The number of benzene rings is 2. The lowest BCUT2D eigenvalue weighted by atomic mass is 9.99. The molecule has 3 heteroatoms. The number of hydrogen-bond donors (Lipinski definition) is 2. The lowest BCUT2D eigenvalue weighted by Crippen LogP contribution is -2.21. The van der Waals surface area contributed by atoms with Crippen LogP contribution in [0, 0.1) is 13.8 Å². The molecule has 0 aliphatic rings. The SMILES string of the molecule is Cc1cc(C)c(CC(CO)OCc2ccccc2)c(O)c1. The first-order valence-corrected chi connectivity index (χ1v) is 7.15. The number of phenolic OH excluding ortho intramolecular Hbond substituents is 1. The molecule has 0 spiro atoms. The molecule has 0 amide bonds. The second-order valence-electron chi connectivity index (χ2n) is 5.38. The average molecular weight is 286 g/mol. The first kappa shape index (κ1) is 15.5. The highest BCUT2D eigenvalue weighted by molar-refractivity contribution is 5.42. The highest BCUT2D eigenvalue weighted by Gasteiger charge is 2.14. The third-order valence-electron chi connectivity index (χ3n) is 3.56. The Bertz CT molecular complexity index is 555. The van der Waals surface area contributed by atoms with Crippen LogP contribution < -0.4 is 0 Å². The summed E-state index contributed by atoms with van der Waals surface area (Å²) in [6.07, 6.45) is 0.180. The van der Waals surface area contributed by atoms with Gasteiger partial charge in [-0.25, -0.2) is 0 Å². The molecule has 2 rings (SSSR count). The van der Waals surface area contributed by atoms with E-state index in [0.717, 1.165) is 22.3 Å². The number of aliphatic hydroxyl groups excluding tert-OH is 1. The Hall–Kier alpha value is -1.84. The van der Waals surface area contributed by atoms with Gasteiger partial charge in [-0.2, -0.15) is 0 Å². The van der Waals surface area contributed by atoms with E-state index in [0.29, 0.717) is 13.0 Å². The first-order chi connectivity index (χ1) is 10.1. The summed E-state index contributed by atoms with van der Waals surface area (Å²) in [7, 11) is 0. The van der Waals surface area contributed by atoms with Gasteiger partial charge in [0.25, 0.3) is 0 Å². The number of phenols is 1. The molecule has 2 aromatic rings. The molecule has 1 unspecified atom stereocenters. The highest BCUT2D eigenvalue weighted by atomic mass is 16.5. The highest BCUT2D eigenvalue weighted by Crippen LogP contribution is 2.25. The molecule has 0 aliphatic heterocycles. The third kappa shape index (κ3) is 4.31. The van der Waals surface area contributed by atoms with Crippen LogP contribution in [0.3, 0.4) is 0 Å². The minimum atomic E-state index is -0.322. The van der Waals surface area contributed by atoms with E-state index in [1.807, 2.05) is 50.2 Å². The summed E-state index contributed by atoms with van der Waals surface area (Å²) in [5, 5.41) is 19.6. The van der Waals surface area contributed by atoms with Gasteiger partial charge in [-0.05, 0) is 42.2 Å². The maximum absolute atomic E-state index is 10.1. The van der Waals surface area contributed by atoms with Crippen molar-refractivity contribution >= 4 is 0 Å². The fraction of sp³-hybridized carbons (Fsp3) is 0.333. The van der Waals surface area contributed by atoms with Crippen LogP contribution in [0.4, 0.5) is 0 Å². The molecule has 0 fully saturated rings. The van der Waals surface area contributed by atoms with Crippen LogP contribution in [0.2, 0.25) is 0 Å². The predicted molar refractivity (Wildman–Crippen MR) is 83.4 cm³/mol. The summed E-state index contributed by atoms with van der Waals surface area (Å²) in [5.74, 6) is 0.272. The Morgan fingerprint density at radius 1 is 1.10 bits per heavy atom. The predicted octanol–water partition coefficient (Wildman–Crippen LogP) is 3.13. The number of hydrogen-bond acceptors (Lipinski definition) is 3. The van der Waals surface area contributed by atoms with Crippen LogP contribution in [0.5, 0.6) is 5.75 Å². The maximum Gasteiger partial charge on any atom is 0.119 e. The molecule has 0 radical (unpaired) electrons. The Morgan fingerprint density at radius 3 is 2.43 bits per heavy atom. The normalized spacial score (nSPS) is 12.3. The molecular weight excluding hydrogens is 264 g/mol. The van der Waals surface area contributed by atoms with Crippen molar-refractivity contribution in [3.8, 4) is 5.75 Å². The van der Waals surface area contributed by atoms with Gasteiger partial charge in [-0.1, -0.05) is 36.4 Å². The van der Waals surface area contributed by atoms with Crippen molar-refractivity contribution in [1.82, 2.24) is 0 Å². The lowest BCUT2D eigenvalue weighted by molar-refractivity contribution is 0.00282. The summed E-state index contributed by atoms with van der Waals surface area (Å²) < 4.78 is 5.76. The molecule has 3 nitrogen and oxygen atoms in total. The Balaban J connectivity index is 2.02. The zero-order chi connectivity index (χ0) is 15.2. The van der Waals surface area contributed by atoms with E-state index < -0.39 is 0 Å². The Labute approximate surface area is 125 Å². The van der Waals surface area contributed by atoms with E-state index >= 15 is 0 Å². The third-order valence-corrected chi connectivity index (χ3v) is 3.56. The van der Waals surface area contributed by atoms with Crippen LogP contribution >= 0.6 is 0 Å². The van der Waals surface area contributed by atoms with Crippen LogP contribution in [0.25, 0.3) is 0 Å². The second-order valence-corrected chi connectivity index (χ2v) is 5.38. The van der Waals surface area contributed by atoms with Gasteiger partial charge in [0.1, 0.15) is 5.75 Å². The summed E-state index contributed by atoms with van der Waals surface area (Å²) in [4.78, 5) is 0. The molecular formula is C18H22O3. The van der Waals surface area contributed by atoms with Gasteiger partial charge < -0.3 is 14.9 Å². The monoisotopic (exact) mass is 286 g/mol. The fourth-order valence-electron chi connectivity index (χ4n) is 2.43. The molecule has 0 saturated heterocycles. The second kappa shape index (κ2) is 7.25. The zero-order valence-corrected chi connectivity index (χ0v) is 12.5. The summed E-state index contributed by atoms with van der Waals surface area (Å²) >= 11 is 0. The summed E-state index contributed by atoms with van der Waals surface area (Å²) in [6.45, 7) is 4.30. The molecule has 21 heavy (non-hydrogen) atoms. The molecule has 0 saturated carbocycles. The van der Waals surface area contributed by atoms with Crippen LogP contribution in [0.15, 0.2) is 42.5 Å². The van der Waals surface area contributed by atoms with E-state index in [4.69, 9.17) is 4.74 Å². The van der Waals surface area contributed by atoms with Gasteiger partial charge in [-0.3, -0.25) is 0 Å². The van der Waals surface area contributed by atoms with Crippen molar-refractivity contribution in [2.24, 2.45) is 0 Å². The Kier molecular flexibility index (Phi) is 5.37. The smallest absolute Gasteiger partial charge is 0.119 e. The van der Waals surface area contributed by atoms with Crippen molar-refractivity contribution in [3.05, 3.63) is 64.7 Å². The van der Waals surface area contributed by atoms with Gasteiger partial charge in [0.2, 0.25) is 0 Å². The van der Waals surface area contributed by atoms with Crippen molar-refractivity contribution in [1.29, 1.82) is 0 Å². The molecule has 2 aromatic carbocycles. The van der Waals surface area contributed by atoms with Crippen molar-refractivity contribution in [2.45, 2.75) is 33.0 Å². The maximum atomic E-state index is 10.1. The summed E-state index contributed by atoms with van der Waals surface area (Å²) in [5.41, 5.74) is 3.96. The molecule has 0 aliphatic carbocycles. The number of ether oxygens (including phenoxy) is 1. The molecule has 0 aromatic heterocycles. The zero-order valence-electron chi connectivity index (χ0n) is 12.5. The number of aromatic hydroxyl groups is 1. The number of aliphatic hydroxyl groups is 1. The van der Waals surface area contributed by atoms with Gasteiger partial charge in [0, 0.05) is 6.42 Å². The topological polar surface area (TPSA) is 49.7 Å². The van der Waals surface area contributed by atoms with Gasteiger partial charge in [0.15, 0.2) is 0 Å². The number of aryl methyl sites for hydroxylation is 2. The van der Waals surface area contributed by atoms with E-state index in [1.54, 1.807) is 6.07 Å². The molecule has 1 atom stereocenters. The van der Waals surface area contributed by atoms with Gasteiger partial charge in [-0.15, -0.1) is 0 Å². The van der Waals surface area contributed by atoms with Crippen LogP contribution in [-0.2, 0) is 17.8 Å². The van der Waals surface area contributed by atoms with Crippen LogP contribution in [0.1, 0.15) is 22.3 Å². The van der Waals surface area contributed by atoms with E-state index in [-0.39, 0.29) is 18.5 Å².